The molecule has 0 saturated heterocycles. The predicted octanol–water partition coefficient (Wildman–Crippen LogP) is 4.25. The minimum absolute atomic E-state index is 0.0787. The van der Waals surface area contributed by atoms with Gasteiger partial charge in [-0.3, -0.25) is 14.9 Å². The van der Waals surface area contributed by atoms with Gasteiger partial charge in [0.2, 0.25) is 0 Å². The van der Waals surface area contributed by atoms with E-state index in [-0.39, 0.29) is 11.2 Å². The smallest absolute Gasteiger partial charge is 0.272 e. The Kier molecular flexibility index (Phi) is 4.16. The largest absolute Gasteiger partial charge is 0.306 e. The second kappa shape index (κ2) is 6.49. The van der Waals surface area contributed by atoms with Crippen molar-refractivity contribution in [1.82, 2.24) is 9.97 Å². The van der Waals surface area contributed by atoms with E-state index >= 15 is 0 Å². The molecule has 2 heterocycles. The summed E-state index contributed by atoms with van der Waals surface area (Å²) in [6.45, 7) is 1.71. The predicted molar refractivity (Wildman–Crippen MR) is 104 cm³/mol. The Labute approximate surface area is 153 Å². The molecule has 1 aliphatic carbocycles. The summed E-state index contributed by atoms with van der Waals surface area (Å²) in [5, 5.41) is 11.8. The third kappa shape index (κ3) is 2.94. The summed E-state index contributed by atoms with van der Waals surface area (Å²) in [7, 11) is 0. The molecule has 26 heavy (non-hydrogen) atoms. The number of hydrogen-bond acceptors (Lipinski definition) is 5. The number of aryl methyl sites for hydroxylation is 3. The Morgan fingerprint density at radius 3 is 2.88 bits per heavy atom. The average molecular weight is 367 g/mol. The summed E-state index contributed by atoms with van der Waals surface area (Å²) >= 11 is 1.60. The topological polar surface area (TPSA) is 88.9 Å². The van der Waals surface area contributed by atoms with E-state index < -0.39 is 4.92 Å². The lowest BCUT2D eigenvalue weighted by atomic mass is 9.97. The van der Waals surface area contributed by atoms with Crippen molar-refractivity contribution in [2.45, 2.75) is 32.6 Å². The molecule has 1 aromatic carbocycles. The van der Waals surface area contributed by atoms with E-state index in [4.69, 9.17) is 0 Å². The number of benzene rings is 1. The average Bonchev–Trinajstić information content (AvgIpc) is 2.99. The number of fused-ring (bicyclic) bond motifs is 3. The first kappa shape index (κ1) is 16.7. The van der Waals surface area contributed by atoms with Gasteiger partial charge in [-0.05, 0) is 49.8 Å². The molecule has 2 aromatic heterocycles. The molecule has 0 bridgehead atoms. The Bertz CT molecular complexity index is 1110. The standard InChI is InChI=1S/C19H17N3O3S/c1-11-6-7-12(10-14(11)22(24)25)8-9-16-20-18(23)17-13-4-2-3-5-15(13)26-19(17)21-16/h6-10H,2-5H2,1H3,(H,20,21,23)/b9-8+. The van der Waals surface area contributed by atoms with Crippen molar-refractivity contribution in [2.75, 3.05) is 0 Å². The summed E-state index contributed by atoms with van der Waals surface area (Å²) in [6.07, 6.45) is 7.66. The van der Waals surface area contributed by atoms with Crippen molar-refractivity contribution in [3.8, 4) is 0 Å². The van der Waals surface area contributed by atoms with Crippen molar-refractivity contribution < 1.29 is 4.92 Å². The number of nitrogens with zero attached hydrogens (tertiary/aromatic N) is 2. The molecule has 6 nitrogen and oxygen atoms in total. The lowest BCUT2D eigenvalue weighted by Gasteiger charge is -2.09. The molecule has 0 unspecified atom stereocenters. The highest BCUT2D eigenvalue weighted by molar-refractivity contribution is 7.18. The molecule has 0 aliphatic heterocycles. The van der Waals surface area contributed by atoms with E-state index in [9.17, 15) is 14.9 Å². The zero-order valence-electron chi connectivity index (χ0n) is 14.2. The Morgan fingerprint density at radius 2 is 2.08 bits per heavy atom. The number of H-pyrrole nitrogens is 1. The minimum atomic E-state index is -0.394. The molecular weight excluding hydrogens is 350 g/mol. The number of nitro groups is 1. The summed E-state index contributed by atoms with van der Waals surface area (Å²) < 4.78 is 0. The molecule has 0 fully saturated rings. The molecule has 0 amide bonds. The first-order valence-corrected chi connectivity index (χ1v) is 9.32. The highest BCUT2D eigenvalue weighted by Crippen LogP contribution is 2.33. The molecule has 1 N–H and O–H groups in total. The second-order valence-corrected chi connectivity index (χ2v) is 7.56. The molecule has 0 spiro atoms. The van der Waals surface area contributed by atoms with Crippen molar-refractivity contribution in [1.29, 1.82) is 0 Å². The van der Waals surface area contributed by atoms with Crippen LogP contribution < -0.4 is 5.56 Å². The van der Waals surface area contributed by atoms with Crippen LogP contribution in [0.3, 0.4) is 0 Å². The number of rotatable bonds is 3. The first-order valence-electron chi connectivity index (χ1n) is 8.50. The van der Waals surface area contributed by atoms with Gasteiger partial charge < -0.3 is 4.98 Å². The third-order valence-electron chi connectivity index (χ3n) is 4.71. The number of nitro benzene ring substituents is 1. The van der Waals surface area contributed by atoms with Crippen molar-refractivity contribution >= 4 is 39.4 Å². The second-order valence-electron chi connectivity index (χ2n) is 6.48. The number of aromatic amines is 1. The van der Waals surface area contributed by atoms with Crippen LogP contribution in [0.5, 0.6) is 0 Å². The number of aromatic nitrogens is 2. The molecule has 0 radical (unpaired) electrons. The van der Waals surface area contributed by atoms with Crippen LogP contribution in [-0.4, -0.2) is 14.9 Å². The van der Waals surface area contributed by atoms with E-state index in [2.05, 4.69) is 9.97 Å². The molecule has 4 rings (SSSR count). The van der Waals surface area contributed by atoms with Crippen LogP contribution in [0.2, 0.25) is 0 Å². The highest BCUT2D eigenvalue weighted by atomic mass is 32.1. The number of thiophene rings is 1. The summed E-state index contributed by atoms with van der Waals surface area (Å²) in [6, 6.07) is 5.04. The van der Waals surface area contributed by atoms with Crippen LogP contribution >= 0.6 is 11.3 Å². The highest BCUT2D eigenvalue weighted by Gasteiger charge is 2.19. The molecule has 1 aliphatic rings. The quantitative estimate of drug-likeness (QED) is 0.553. The van der Waals surface area contributed by atoms with Crippen molar-refractivity contribution in [3.05, 3.63) is 66.1 Å². The van der Waals surface area contributed by atoms with Crippen molar-refractivity contribution in [2.24, 2.45) is 0 Å². The van der Waals surface area contributed by atoms with Gasteiger partial charge in [0.15, 0.2) is 0 Å². The van der Waals surface area contributed by atoms with Crippen LogP contribution in [0.25, 0.3) is 22.4 Å². The number of nitrogens with one attached hydrogen (secondary N) is 1. The van der Waals surface area contributed by atoms with E-state index in [1.54, 1.807) is 42.5 Å². The van der Waals surface area contributed by atoms with Crippen molar-refractivity contribution in [3.63, 3.8) is 0 Å². The first-order chi connectivity index (χ1) is 12.5. The Hall–Kier alpha value is -2.80. The zero-order chi connectivity index (χ0) is 18.3. The van der Waals surface area contributed by atoms with Gasteiger partial charge in [0.1, 0.15) is 10.7 Å². The van der Waals surface area contributed by atoms with Gasteiger partial charge in [0.25, 0.3) is 11.2 Å². The molecule has 3 aromatic rings. The summed E-state index contributed by atoms with van der Waals surface area (Å²) in [5.74, 6) is 0.462. The SMILES string of the molecule is Cc1ccc(/C=C/c2nc3sc4c(c3c(=O)[nH]2)CCCC4)cc1[N+](=O)[O-]. The van der Waals surface area contributed by atoms with E-state index in [1.165, 1.54) is 10.9 Å². The fraction of sp³-hybridized carbons (Fsp3) is 0.263. The molecule has 7 heteroatoms. The van der Waals surface area contributed by atoms with Crippen LogP contribution in [-0.2, 0) is 12.8 Å². The van der Waals surface area contributed by atoms with Gasteiger partial charge in [0, 0.05) is 16.5 Å². The van der Waals surface area contributed by atoms with Crippen LogP contribution in [0, 0.1) is 17.0 Å². The maximum absolute atomic E-state index is 12.5. The number of hydrogen-bond donors (Lipinski definition) is 1. The fourth-order valence-corrected chi connectivity index (χ4v) is 4.63. The van der Waals surface area contributed by atoms with Gasteiger partial charge in [-0.15, -0.1) is 11.3 Å². The lowest BCUT2D eigenvalue weighted by Crippen LogP contribution is -2.11. The minimum Gasteiger partial charge on any atom is -0.306 e. The summed E-state index contributed by atoms with van der Waals surface area (Å²) in [5.41, 5.74) is 2.44. The maximum atomic E-state index is 12.5. The maximum Gasteiger partial charge on any atom is 0.272 e. The van der Waals surface area contributed by atoms with Gasteiger partial charge in [-0.1, -0.05) is 18.2 Å². The van der Waals surface area contributed by atoms with Crippen LogP contribution in [0.1, 0.15) is 40.2 Å². The van der Waals surface area contributed by atoms with Gasteiger partial charge in [-0.2, -0.15) is 0 Å². The van der Waals surface area contributed by atoms with Gasteiger partial charge >= 0.3 is 0 Å². The summed E-state index contributed by atoms with van der Waals surface area (Å²) in [4.78, 5) is 32.6. The van der Waals surface area contributed by atoms with E-state index in [1.807, 2.05) is 0 Å². The molecular formula is C19H17N3O3S. The van der Waals surface area contributed by atoms with Gasteiger partial charge in [0.05, 0.1) is 10.3 Å². The molecule has 0 saturated carbocycles. The zero-order valence-corrected chi connectivity index (χ0v) is 15.1. The third-order valence-corrected chi connectivity index (χ3v) is 5.89. The lowest BCUT2D eigenvalue weighted by molar-refractivity contribution is -0.385. The van der Waals surface area contributed by atoms with Crippen LogP contribution in [0.15, 0.2) is 23.0 Å². The molecule has 0 atom stereocenters. The monoisotopic (exact) mass is 367 g/mol. The van der Waals surface area contributed by atoms with Gasteiger partial charge in [-0.25, -0.2) is 4.98 Å². The van der Waals surface area contributed by atoms with E-state index in [0.29, 0.717) is 17.0 Å². The van der Waals surface area contributed by atoms with Crippen LogP contribution in [0.4, 0.5) is 5.69 Å². The molecule has 132 valence electrons. The fourth-order valence-electron chi connectivity index (χ4n) is 3.36. The normalized spacial score (nSPS) is 14.0. The Morgan fingerprint density at radius 1 is 1.27 bits per heavy atom. The Balaban J connectivity index is 1.72. The van der Waals surface area contributed by atoms with E-state index in [0.717, 1.165) is 41.5 Å².